The minimum Gasteiger partial charge on any atom is -0.444 e. The molecule has 0 unspecified atom stereocenters. The number of carbonyl (C=O) groups is 2. The maximum atomic E-state index is 14.0. The number of hydrogen-bond donors (Lipinski definition) is 1. The van der Waals surface area contributed by atoms with Crippen LogP contribution in [0.5, 0.6) is 0 Å². The smallest absolute Gasteiger partial charge is 0.410 e. The third-order valence-electron chi connectivity index (χ3n) is 5.81. The Balaban J connectivity index is 1.62. The van der Waals surface area contributed by atoms with E-state index in [1.54, 1.807) is 21.7 Å². The Morgan fingerprint density at radius 1 is 1.11 bits per heavy atom. The lowest BCUT2D eigenvalue weighted by Crippen LogP contribution is -2.41. The summed E-state index contributed by atoms with van der Waals surface area (Å²) in [6, 6.07) is 9.85. The van der Waals surface area contributed by atoms with Crippen LogP contribution in [0.1, 0.15) is 55.6 Å². The standard InChI is InChI=1S/C26H27ClF2N4O3/c1-26(2,3)36-25(35)32-11-9-16(10-12-32)23-20(15-30-33(23)19-6-4-5-17(28)13-19)24(34)31-18-7-8-22(29)21(27)14-18/h4-8,13-16H,9-12H2,1-3H3,(H,31,34). The van der Waals surface area contributed by atoms with Gasteiger partial charge in [0.1, 0.15) is 17.2 Å². The summed E-state index contributed by atoms with van der Waals surface area (Å²) in [7, 11) is 0. The van der Waals surface area contributed by atoms with E-state index in [4.69, 9.17) is 16.3 Å². The van der Waals surface area contributed by atoms with Crippen LogP contribution in [-0.4, -0.2) is 45.4 Å². The van der Waals surface area contributed by atoms with E-state index in [9.17, 15) is 18.4 Å². The summed E-state index contributed by atoms with van der Waals surface area (Å²) in [6.45, 7) is 6.31. The second-order valence-electron chi connectivity index (χ2n) is 9.66. The Morgan fingerprint density at radius 2 is 1.83 bits per heavy atom. The van der Waals surface area contributed by atoms with Gasteiger partial charge in [0.2, 0.25) is 0 Å². The molecule has 2 amide bonds. The summed E-state index contributed by atoms with van der Waals surface area (Å²) in [6.07, 6.45) is 2.16. The van der Waals surface area contributed by atoms with Gasteiger partial charge in [0.25, 0.3) is 5.91 Å². The van der Waals surface area contributed by atoms with Gasteiger partial charge in [0.15, 0.2) is 0 Å². The van der Waals surface area contributed by atoms with Gasteiger partial charge in [-0.15, -0.1) is 0 Å². The molecule has 2 aromatic carbocycles. The van der Waals surface area contributed by atoms with E-state index in [0.29, 0.717) is 48.6 Å². The number of likely N-dealkylation sites (tertiary alicyclic amines) is 1. The van der Waals surface area contributed by atoms with Crippen molar-refractivity contribution in [1.82, 2.24) is 14.7 Å². The third kappa shape index (κ3) is 5.84. The van der Waals surface area contributed by atoms with Crippen molar-refractivity contribution in [2.24, 2.45) is 0 Å². The molecule has 2 heterocycles. The molecule has 1 aliphatic heterocycles. The van der Waals surface area contributed by atoms with Crippen molar-refractivity contribution in [1.29, 1.82) is 0 Å². The van der Waals surface area contributed by atoms with Crippen LogP contribution in [0.2, 0.25) is 5.02 Å². The summed E-state index contributed by atoms with van der Waals surface area (Å²) < 4.78 is 34.6. The molecule has 1 aromatic heterocycles. The second kappa shape index (κ2) is 10.3. The van der Waals surface area contributed by atoms with Crippen LogP contribution < -0.4 is 5.32 Å². The lowest BCUT2D eigenvalue weighted by Gasteiger charge is -2.34. The quantitative estimate of drug-likeness (QED) is 0.450. The molecular weight excluding hydrogens is 490 g/mol. The van der Waals surface area contributed by atoms with Crippen molar-refractivity contribution < 1.29 is 23.1 Å². The molecule has 1 saturated heterocycles. The topological polar surface area (TPSA) is 76.5 Å². The first kappa shape index (κ1) is 25.6. The maximum absolute atomic E-state index is 14.0. The zero-order valence-corrected chi connectivity index (χ0v) is 21.0. The molecule has 0 saturated carbocycles. The number of halogens is 3. The predicted octanol–water partition coefficient (Wildman–Crippen LogP) is 6.17. The number of nitrogens with zero attached hydrogens (tertiary/aromatic N) is 3. The molecule has 7 nitrogen and oxygen atoms in total. The minimum absolute atomic E-state index is 0.113. The number of ether oxygens (including phenoxy) is 1. The van der Waals surface area contributed by atoms with E-state index in [-0.39, 0.29) is 17.0 Å². The van der Waals surface area contributed by atoms with Crippen molar-refractivity contribution >= 4 is 29.3 Å². The summed E-state index contributed by atoms with van der Waals surface area (Å²) in [5, 5.41) is 7.02. The monoisotopic (exact) mass is 516 g/mol. The van der Waals surface area contributed by atoms with E-state index < -0.39 is 23.1 Å². The van der Waals surface area contributed by atoms with E-state index in [1.165, 1.54) is 36.5 Å². The summed E-state index contributed by atoms with van der Waals surface area (Å²) in [5.74, 6) is -1.61. The van der Waals surface area contributed by atoms with E-state index in [0.717, 1.165) is 0 Å². The maximum Gasteiger partial charge on any atom is 0.410 e. The summed E-state index contributed by atoms with van der Waals surface area (Å²) in [5.41, 5.74) is 1.11. The Bertz CT molecular complexity index is 1280. The number of anilines is 1. The van der Waals surface area contributed by atoms with Crippen LogP contribution >= 0.6 is 11.6 Å². The number of piperidine rings is 1. The second-order valence-corrected chi connectivity index (χ2v) is 10.1. The van der Waals surface area contributed by atoms with E-state index >= 15 is 0 Å². The Labute approximate surface area is 213 Å². The van der Waals surface area contributed by atoms with Gasteiger partial charge >= 0.3 is 6.09 Å². The molecule has 36 heavy (non-hydrogen) atoms. The fourth-order valence-electron chi connectivity index (χ4n) is 4.17. The molecule has 1 fully saturated rings. The van der Waals surface area contributed by atoms with Gasteiger partial charge in [0.05, 0.1) is 28.2 Å². The number of hydrogen-bond acceptors (Lipinski definition) is 4. The van der Waals surface area contributed by atoms with Crippen LogP contribution in [0.3, 0.4) is 0 Å². The van der Waals surface area contributed by atoms with Crippen LogP contribution in [-0.2, 0) is 4.74 Å². The van der Waals surface area contributed by atoms with Crippen LogP contribution in [0, 0.1) is 11.6 Å². The van der Waals surface area contributed by atoms with Gasteiger partial charge in [-0.2, -0.15) is 5.10 Å². The van der Waals surface area contributed by atoms with Crippen LogP contribution in [0.4, 0.5) is 19.3 Å². The molecule has 190 valence electrons. The third-order valence-corrected chi connectivity index (χ3v) is 6.10. The fraction of sp³-hybridized carbons (Fsp3) is 0.346. The van der Waals surface area contributed by atoms with Crippen molar-refractivity contribution in [2.45, 2.75) is 45.1 Å². The van der Waals surface area contributed by atoms with E-state index in [2.05, 4.69) is 10.4 Å². The molecule has 3 aromatic rings. The SMILES string of the molecule is CC(C)(C)OC(=O)N1CCC(c2c(C(=O)Nc3ccc(F)c(Cl)c3)cnn2-c2cccc(F)c2)CC1. The number of aromatic nitrogens is 2. The molecule has 1 aliphatic rings. The van der Waals surface area contributed by atoms with Gasteiger partial charge in [-0.25, -0.2) is 18.3 Å². The molecule has 4 rings (SSSR count). The van der Waals surface area contributed by atoms with Crippen molar-refractivity contribution in [3.8, 4) is 5.69 Å². The largest absolute Gasteiger partial charge is 0.444 e. The van der Waals surface area contributed by atoms with Crippen LogP contribution in [0.25, 0.3) is 5.69 Å². The van der Waals surface area contributed by atoms with E-state index in [1.807, 2.05) is 20.8 Å². The number of rotatable bonds is 4. The van der Waals surface area contributed by atoms with Crippen LogP contribution in [0.15, 0.2) is 48.7 Å². The van der Waals surface area contributed by atoms with Gasteiger partial charge in [-0.3, -0.25) is 4.79 Å². The molecular formula is C26H27ClF2N4O3. The number of benzene rings is 2. The minimum atomic E-state index is -0.599. The normalized spacial score (nSPS) is 14.6. The number of nitrogens with one attached hydrogen (secondary N) is 1. The fourth-order valence-corrected chi connectivity index (χ4v) is 4.35. The van der Waals surface area contributed by atoms with Gasteiger partial charge in [0, 0.05) is 24.7 Å². The first-order chi connectivity index (χ1) is 17.0. The van der Waals surface area contributed by atoms with Crippen molar-refractivity contribution in [2.75, 3.05) is 18.4 Å². The van der Waals surface area contributed by atoms with Gasteiger partial charge in [-0.05, 0) is 70.0 Å². The van der Waals surface area contributed by atoms with Gasteiger partial charge in [-0.1, -0.05) is 17.7 Å². The lowest BCUT2D eigenvalue weighted by molar-refractivity contribution is 0.0203. The highest BCUT2D eigenvalue weighted by Crippen LogP contribution is 2.33. The Kier molecular flexibility index (Phi) is 7.31. The molecule has 0 aliphatic carbocycles. The van der Waals surface area contributed by atoms with Crippen molar-refractivity contribution in [3.05, 3.63) is 76.6 Å². The highest BCUT2D eigenvalue weighted by Gasteiger charge is 2.32. The Hall–Kier alpha value is -3.46. The van der Waals surface area contributed by atoms with Gasteiger partial charge < -0.3 is 15.0 Å². The first-order valence-electron chi connectivity index (χ1n) is 11.6. The predicted molar refractivity (Wildman–Crippen MR) is 133 cm³/mol. The highest BCUT2D eigenvalue weighted by molar-refractivity contribution is 6.31. The molecule has 1 N–H and O–H groups in total. The summed E-state index contributed by atoms with van der Waals surface area (Å²) >= 11 is 5.85. The molecule has 0 bridgehead atoms. The molecule has 0 atom stereocenters. The lowest BCUT2D eigenvalue weighted by atomic mass is 9.90. The molecule has 10 heteroatoms. The molecule has 0 radical (unpaired) electrons. The average molecular weight is 517 g/mol. The number of carbonyl (C=O) groups excluding carboxylic acids is 2. The Morgan fingerprint density at radius 3 is 2.47 bits per heavy atom. The molecule has 0 spiro atoms. The number of amides is 2. The zero-order valence-electron chi connectivity index (χ0n) is 20.2. The first-order valence-corrected chi connectivity index (χ1v) is 12.0. The van der Waals surface area contributed by atoms with Crippen molar-refractivity contribution in [3.63, 3.8) is 0 Å². The average Bonchev–Trinajstić information content (AvgIpc) is 3.26. The highest BCUT2D eigenvalue weighted by atomic mass is 35.5. The summed E-state index contributed by atoms with van der Waals surface area (Å²) in [4.78, 5) is 27.4. The zero-order chi connectivity index (χ0) is 26.0.